The van der Waals surface area contributed by atoms with Gasteiger partial charge in [-0.3, -0.25) is 15.2 Å². The molecule has 0 saturated carbocycles. The van der Waals surface area contributed by atoms with Crippen molar-refractivity contribution in [3.05, 3.63) is 53.1 Å². The van der Waals surface area contributed by atoms with Gasteiger partial charge in [-0.2, -0.15) is 4.98 Å². The van der Waals surface area contributed by atoms with E-state index in [0.29, 0.717) is 28.5 Å². The number of methoxy groups -OCH3 is 2. The summed E-state index contributed by atoms with van der Waals surface area (Å²) in [5.41, 5.74) is 3.30. The summed E-state index contributed by atoms with van der Waals surface area (Å²) >= 11 is 0. The Balaban J connectivity index is 1.83. The maximum Gasteiger partial charge on any atom is 0.258 e. The summed E-state index contributed by atoms with van der Waals surface area (Å²) in [7, 11) is 3.15. The van der Waals surface area contributed by atoms with Crippen LogP contribution >= 0.6 is 0 Å². The van der Waals surface area contributed by atoms with Crippen molar-refractivity contribution in [3.8, 4) is 22.9 Å². The third kappa shape index (κ3) is 3.51. The number of H-pyrrole nitrogens is 1. The van der Waals surface area contributed by atoms with Crippen molar-refractivity contribution in [2.75, 3.05) is 19.5 Å². The van der Waals surface area contributed by atoms with Crippen LogP contribution < -0.4 is 14.8 Å². The predicted octanol–water partition coefficient (Wildman–Crippen LogP) is 3.36. The zero-order chi connectivity index (χ0) is 18.7. The molecule has 1 amide bonds. The Morgan fingerprint density at radius 1 is 1.08 bits per heavy atom. The lowest BCUT2D eigenvalue weighted by atomic mass is 10.1. The SMILES string of the molecule is COc1ccc(-c2nc(NC(=O)c3ccc(C)cc3C)n[nH]2)c(OC)c1. The third-order valence-electron chi connectivity index (χ3n) is 4.00. The lowest BCUT2D eigenvalue weighted by molar-refractivity contribution is 0.102. The second-order valence-electron chi connectivity index (χ2n) is 5.85. The predicted molar refractivity (Wildman–Crippen MR) is 98.8 cm³/mol. The van der Waals surface area contributed by atoms with Crippen LogP contribution in [0.4, 0.5) is 5.95 Å². The fraction of sp³-hybridized carbons (Fsp3) is 0.211. The van der Waals surface area contributed by atoms with Crippen LogP contribution in [0.15, 0.2) is 36.4 Å². The van der Waals surface area contributed by atoms with E-state index in [2.05, 4.69) is 20.5 Å². The number of hydrogen-bond donors (Lipinski definition) is 2. The number of carbonyl (C=O) groups excluding carboxylic acids is 1. The van der Waals surface area contributed by atoms with Crippen LogP contribution in [0.25, 0.3) is 11.4 Å². The molecular formula is C19H20N4O3. The van der Waals surface area contributed by atoms with Gasteiger partial charge in [-0.1, -0.05) is 17.7 Å². The van der Waals surface area contributed by atoms with Crippen molar-refractivity contribution in [2.45, 2.75) is 13.8 Å². The van der Waals surface area contributed by atoms with E-state index >= 15 is 0 Å². The van der Waals surface area contributed by atoms with Gasteiger partial charge in [0.1, 0.15) is 11.5 Å². The lowest BCUT2D eigenvalue weighted by Gasteiger charge is -2.08. The monoisotopic (exact) mass is 352 g/mol. The Morgan fingerprint density at radius 3 is 2.58 bits per heavy atom. The highest BCUT2D eigenvalue weighted by Gasteiger charge is 2.15. The smallest absolute Gasteiger partial charge is 0.258 e. The van der Waals surface area contributed by atoms with Gasteiger partial charge in [0.15, 0.2) is 5.82 Å². The van der Waals surface area contributed by atoms with Crippen LogP contribution in [0.3, 0.4) is 0 Å². The van der Waals surface area contributed by atoms with Gasteiger partial charge in [0.2, 0.25) is 5.95 Å². The number of nitrogens with one attached hydrogen (secondary N) is 2. The standard InChI is InChI=1S/C19H20N4O3/c1-11-5-7-14(12(2)9-11)18(24)21-19-20-17(22-23-19)15-8-6-13(25-3)10-16(15)26-4/h5-10H,1-4H3,(H2,20,21,22,23,24). The molecule has 0 atom stereocenters. The third-order valence-corrected chi connectivity index (χ3v) is 4.00. The summed E-state index contributed by atoms with van der Waals surface area (Å²) in [5, 5.41) is 9.60. The number of nitrogens with zero attached hydrogens (tertiary/aromatic N) is 2. The number of aromatic nitrogens is 3. The molecule has 7 nitrogen and oxygen atoms in total. The van der Waals surface area contributed by atoms with Crippen LogP contribution in [0.2, 0.25) is 0 Å². The van der Waals surface area contributed by atoms with Gasteiger partial charge in [-0.25, -0.2) is 0 Å². The second kappa shape index (κ2) is 7.26. The summed E-state index contributed by atoms with van der Waals surface area (Å²) in [6, 6.07) is 11.0. The lowest BCUT2D eigenvalue weighted by Crippen LogP contribution is -2.14. The maximum atomic E-state index is 12.5. The Labute approximate surface area is 151 Å². The minimum Gasteiger partial charge on any atom is -0.497 e. The number of aryl methyl sites for hydroxylation is 2. The molecule has 2 aromatic carbocycles. The topological polar surface area (TPSA) is 89.1 Å². The highest BCUT2D eigenvalue weighted by atomic mass is 16.5. The average molecular weight is 352 g/mol. The fourth-order valence-electron chi connectivity index (χ4n) is 2.67. The minimum atomic E-state index is -0.255. The first-order chi connectivity index (χ1) is 12.5. The second-order valence-corrected chi connectivity index (χ2v) is 5.85. The molecule has 3 rings (SSSR count). The molecule has 0 saturated heterocycles. The number of amides is 1. The first-order valence-electron chi connectivity index (χ1n) is 8.05. The molecule has 0 fully saturated rings. The van der Waals surface area contributed by atoms with E-state index in [1.807, 2.05) is 32.0 Å². The van der Waals surface area contributed by atoms with Crippen molar-refractivity contribution in [3.63, 3.8) is 0 Å². The van der Waals surface area contributed by atoms with E-state index in [1.165, 1.54) is 0 Å². The molecule has 0 aliphatic carbocycles. The van der Waals surface area contributed by atoms with E-state index in [9.17, 15) is 4.79 Å². The minimum absolute atomic E-state index is 0.197. The van der Waals surface area contributed by atoms with Gasteiger partial charge < -0.3 is 9.47 Å². The molecule has 1 aromatic heterocycles. The number of carbonyl (C=O) groups is 1. The first kappa shape index (κ1) is 17.5. The molecule has 7 heteroatoms. The molecule has 0 radical (unpaired) electrons. The van der Waals surface area contributed by atoms with Gasteiger partial charge in [-0.15, -0.1) is 5.10 Å². The fourth-order valence-corrected chi connectivity index (χ4v) is 2.67. The van der Waals surface area contributed by atoms with E-state index in [0.717, 1.165) is 11.1 Å². The number of anilines is 1. The quantitative estimate of drug-likeness (QED) is 0.735. The van der Waals surface area contributed by atoms with Crippen molar-refractivity contribution < 1.29 is 14.3 Å². The van der Waals surface area contributed by atoms with Crippen molar-refractivity contribution in [1.29, 1.82) is 0 Å². The molecule has 0 bridgehead atoms. The Morgan fingerprint density at radius 2 is 1.88 bits per heavy atom. The molecule has 26 heavy (non-hydrogen) atoms. The first-order valence-corrected chi connectivity index (χ1v) is 8.05. The summed E-state index contributed by atoms with van der Waals surface area (Å²) in [5.74, 6) is 1.69. The van der Waals surface area contributed by atoms with Gasteiger partial charge >= 0.3 is 0 Å². The van der Waals surface area contributed by atoms with E-state index in [1.54, 1.807) is 32.4 Å². The average Bonchev–Trinajstić information content (AvgIpc) is 3.09. The van der Waals surface area contributed by atoms with Crippen molar-refractivity contribution in [2.24, 2.45) is 0 Å². The number of rotatable bonds is 5. The van der Waals surface area contributed by atoms with Crippen LogP contribution in [-0.2, 0) is 0 Å². The number of ether oxygens (including phenoxy) is 2. The molecule has 1 heterocycles. The molecule has 3 aromatic rings. The van der Waals surface area contributed by atoms with Crippen LogP contribution in [0, 0.1) is 13.8 Å². The van der Waals surface area contributed by atoms with Crippen LogP contribution in [0.5, 0.6) is 11.5 Å². The Bertz CT molecular complexity index is 950. The molecule has 2 N–H and O–H groups in total. The largest absolute Gasteiger partial charge is 0.497 e. The van der Waals surface area contributed by atoms with Crippen LogP contribution in [0.1, 0.15) is 21.5 Å². The van der Waals surface area contributed by atoms with Crippen LogP contribution in [-0.4, -0.2) is 35.3 Å². The molecule has 0 aliphatic rings. The molecule has 134 valence electrons. The number of benzene rings is 2. The normalized spacial score (nSPS) is 10.5. The summed E-state index contributed by atoms with van der Waals surface area (Å²) in [6.07, 6.45) is 0. The zero-order valence-electron chi connectivity index (χ0n) is 15.1. The van der Waals surface area contributed by atoms with Crippen molar-refractivity contribution >= 4 is 11.9 Å². The van der Waals surface area contributed by atoms with E-state index < -0.39 is 0 Å². The molecule has 0 aliphatic heterocycles. The summed E-state index contributed by atoms with van der Waals surface area (Å²) in [6.45, 7) is 3.88. The number of hydrogen-bond acceptors (Lipinski definition) is 5. The van der Waals surface area contributed by atoms with E-state index in [4.69, 9.17) is 9.47 Å². The molecule has 0 unspecified atom stereocenters. The zero-order valence-corrected chi connectivity index (χ0v) is 15.1. The van der Waals surface area contributed by atoms with Gasteiger partial charge in [-0.05, 0) is 37.6 Å². The highest BCUT2D eigenvalue weighted by Crippen LogP contribution is 2.31. The summed E-state index contributed by atoms with van der Waals surface area (Å²) in [4.78, 5) is 16.8. The van der Waals surface area contributed by atoms with E-state index in [-0.39, 0.29) is 11.9 Å². The Hall–Kier alpha value is -3.35. The van der Waals surface area contributed by atoms with Gasteiger partial charge in [0.05, 0.1) is 19.8 Å². The molecular weight excluding hydrogens is 332 g/mol. The summed E-state index contributed by atoms with van der Waals surface area (Å²) < 4.78 is 10.6. The molecule has 0 spiro atoms. The highest BCUT2D eigenvalue weighted by molar-refractivity contribution is 6.04. The Kier molecular flexibility index (Phi) is 4.88. The van der Waals surface area contributed by atoms with Crippen molar-refractivity contribution in [1.82, 2.24) is 15.2 Å². The number of aromatic amines is 1. The van der Waals surface area contributed by atoms with Gasteiger partial charge in [0, 0.05) is 11.6 Å². The van der Waals surface area contributed by atoms with Gasteiger partial charge in [0.25, 0.3) is 5.91 Å². The maximum absolute atomic E-state index is 12.5.